The van der Waals surface area contributed by atoms with Crippen LogP contribution in [0.1, 0.15) is 18.1 Å². The maximum absolute atomic E-state index is 12.4. The number of rotatable bonds is 4. The Kier molecular flexibility index (Phi) is 5.09. The van der Waals surface area contributed by atoms with E-state index in [9.17, 15) is 4.79 Å². The molecule has 27 heavy (non-hydrogen) atoms. The molecule has 2 aliphatic heterocycles. The fraction of sp³-hybridized carbons (Fsp3) is 0.286. The van der Waals surface area contributed by atoms with Gasteiger partial charge in [0.15, 0.2) is 0 Å². The molecule has 4 rings (SSSR count). The van der Waals surface area contributed by atoms with Crippen LogP contribution in [0.25, 0.3) is 5.57 Å². The fourth-order valence-electron chi connectivity index (χ4n) is 3.55. The van der Waals surface area contributed by atoms with Crippen LogP contribution < -0.4 is 16.4 Å². The van der Waals surface area contributed by atoms with Gasteiger partial charge in [0.1, 0.15) is 0 Å². The van der Waals surface area contributed by atoms with Crippen molar-refractivity contribution in [3.05, 3.63) is 59.3 Å². The molecule has 0 aliphatic carbocycles. The molecule has 0 atom stereocenters. The van der Waals surface area contributed by atoms with Crippen molar-refractivity contribution in [2.24, 2.45) is 0 Å². The summed E-state index contributed by atoms with van der Waals surface area (Å²) in [5.74, 6) is 2.35. The van der Waals surface area contributed by atoms with Crippen LogP contribution in [0.3, 0.4) is 0 Å². The molecule has 1 fully saturated rings. The lowest BCUT2D eigenvalue weighted by Gasteiger charge is -2.26. The third-order valence-electron chi connectivity index (χ3n) is 4.96. The first-order valence-electron chi connectivity index (χ1n) is 9.18. The van der Waals surface area contributed by atoms with Crippen LogP contribution in [0.5, 0.6) is 0 Å². The lowest BCUT2D eigenvalue weighted by Crippen LogP contribution is -2.31. The number of nitrogen functional groups attached to an aromatic ring is 1. The minimum Gasteiger partial charge on any atom is -0.399 e. The summed E-state index contributed by atoms with van der Waals surface area (Å²) in [6, 6.07) is 13.9. The summed E-state index contributed by atoms with van der Waals surface area (Å²) in [5.41, 5.74) is 12.0. The van der Waals surface area contributed by atoms with Crippen LogP contribution in [-0.2, 0) is 11.3 Å². The average molecular weight is 381 g/mol. The molecule has 5 nitrogen and oxygen atoms in total. The molecule has 4 N–H and O–H groups in total. The number of anilines is 3. The summed E-state index contributed by atoms with van der Waals surface area (Å²) in [6.07, 6.45) is 0. The fourth-order valence-corrected chi connectivity index (χ4v) is 4.53. The number of hydrogen-bond acceptors (Lipinski definition) is 5. The van der Waals surface area contributed by atoms with Gasteiger partial charge in [0, 0.05) is 59.5 Å². The van der Waals surface area contributed by atoms with Gasteiger partial charge < -0.3 is 16.4 Å². The van der Waals surface area contributed by atoms with E-state index in [0.717, 1.165) is 42.3 Å². The first kappa shape index (κ1) is 17.9. The number of nitrogens with one attached hydrogen (secondary N) is 2. The largest absolute Gasteiger partial charge is 0.399 e. The molecule has 140 valence electrons. The van der Waals surface area contributed by atoms with E-state index >= 15 is 0 Å². The molecule has 2 heterocycles. The summed E-state index contributed by atoms with van der Waals surface area (Å²) in [4.78, 5) is 14.9. The molecule has 0 bridgehead atoms. The van der Waals surface area contributed by atoms with Gasteiger partial charge in [-0.15, -0.1) is 0 Å². The first-order chi connectivity index (χ1) is 13.1. The second kappa shape index (κ2) is 7.66. The van der Waals surface area contributed by atoms with E-state index < -0.39 is 0 Å². The smallest absolute Gasteiger partial charge is 0.258 e. The van der Waals surface area contributed by atoms with Gasteiger partial charge in [-0.3, -0.25) is 9.69 Å². The second-order valence-electron chi connectivity index (χ2n) is 6.97. The van der Waals surface area contributed by atoms with Crippen LogP contribution in [0.4, 0.5) is 17.1 Å². The molecule has 2 aromatic rings. The summed E-state index contributed by atoms with van der Waals surface area (Å²) in [7, 11) is 0. The van der Waals surface area contributed by atoms with Crippen molar-refractivity contribution in [3.63, 3.8) is 0 Å². The molecule has 2 aromatic carbocycles. The zero-order chi connectivity index (χ0) is 18.8. The van der Waals surface area contributed by atoms with E-state index in [1.807, 2.05) is 30.8 Å². The summed E-state index contributed by atoms with van der Waals surface area (Å²) < 4.78 is 0. The van der Waals surface area contributed by atoms with Gasteiger partial charge in [0.2, 0.25) is 0 Å². The number of benzene rings is 2. The number of thioether (sulfide) groups is 1. The third-order valence-corrected chi connectivity index (χ3v) is 5.90. The highest BCUT2D eigenvalue weighted by atomic mass is 32.2. The maximum Gasteiger partial charge on any atom is 0.258 e. The van der Waals surface area contributed by atoms with Gasteiger partial charge in [0.05, 0.1) is 5.57 Å². The Balaban J connectivity index is 1.49. The molecule has 0 spiro atoms. The Hall–Kier alpha value is -2.44. The first-order valence-corrected chi connectivity index (χ1v) is 10.3. The predicted octanol–water partition coefficient (Wildman–Crippen LogP) is 3.61. The minimum absolute atomic E-state index is 0.0970. The van der Waals surface area contributed by atoms with E-state index in [1.165, 1.54) is 17.1 Å². The van der Waals surface area contributed by atoms with E-state index in [-0.39, 0.29) is 5.91 Å². The van der Waals surface area contributed by atoms with E-state index in [1.54, 1.807) is 6.07 Å². The molecular formula is C21H24N4OS. The molecule has 2 aliphatic rings. The monoisotopic (exact) mass is 380 g/mol. The lowest BCUT2D eigenvalue weighted by atomic mass is 10.0. The molecule has 0 saturated carbocycles. The molecule has 0 aromatic heterocycles. The molecule has 1 amide bonds. The Bertz CT molecular complexity index is 886. The van der Waals surface area contributed by atoms with Crippen LogP contribution in [0.2, 0.25) is 0 Å². The zero-order valence-corrected chi connectivity index (χ0v) is 16.2. The molecule has 6 heteroatoms. The van der Waals surface area contributed by atoms with Gasteiger partial charge >= 0.3 is 0 Å². The van der Waals surface area contributed by atoms with Crippen molar-refractivity contribution in [2.75, 3.05) is 41.0 Å². The Morgan fingerprint density at radius 3 is 2.67 bits per heavy atom. The van der Waals surface area contributed by atoms with Gasteiger partial charge in [-0.2, -0.15) is 11.8 Å². The highest BCUT2D eigenvalue weighted by Gasteiger charge is 2.26. The topological polar surface area (TPSA) is 70.4 Å². The van der Waals surface area contributed by atoms with Crippen LogP contribution in [0.15, 0.2) is 48.2 Å². The normalized spacial score (nSPS) is 18.8. The van der Waals surface area contributed by atoms with Crippen molar-refractivity contribution in [1.82, 2.24) is 4.90 Å². The summed E-state index contributed by atoms with van der Waals surface area (Å²) in [5, 5.41) is 6.26. The Morgan fingerprint density at radius 1 is 1.19 bits per heavy atom. The minimum atomic E-state index is -0.0970. The SMILES string of the molecule is C/C(Nc1ccc(CN2CCSCC2)cc1)=C1/C(=O)Nc2ccc(N)cc21. The predicted molar refractivity (Wildman–Crippen MR) is 115 cm³/mol. The zero-order valence-electron chi connectivity index (χ0n) is 15.4. The highest BCUT2D eigenvalue weighted by molar-refractivity contribution is 7.99. The quantitative estimate of drug-likeness (QED) is 0.558. The number of carbonyl (C=O) groups excluding carboxylic acids is 1. The lowest BCUT2D eigenvalue weighted by molar-refractivity contribution is -0.110. The van der Waals surface area contributed by atoms with Crippen LogP contribution in [0, 0.1) is 0 Å². The number of nitrogens with zero attached hydrogens (tertiary/aromatic N) is 1. The third kappa shape index (κ3) is 3.96. The average Bonchev–Trinajstić information content (AvgIpc) is 2.99. The van der Waals surface area contributed by atoms with Crippen molar-refractivity contribution < 1.29 is 4.79 Å². The number of nitrogens with two attached hydrogens (primary N) is 1. The number of carbonyl (C=O) groups is 1. The molecule has 0 unspecified atom stereocenters. The second-order valence-corrected chi connectivity index (χ2v) is 8.19. The van der Waals surface area contributed by atoms with Crippen LogP contribution >= 0.6 is 11.8 Å². The maximum atomic E-state index is 12.4. The Morgan fingerprint density at radius 2 is 1.93 bits per heavy atom. The molecular weight excluding hydrogens is 356 g/mol. The van der Waals surface area contributed by atoms with Crippen molar-refractivity contribution in [3.8, 4) is 0 Å². The van der Waals surface area contributed by atoms with Gasteiger partial charge in [-0.1, -0.05) is 12.1 Å². The number of hydrogen-bond donors (Lipinski definition) is 3. The standard InChI is InChI=1S/C21H24N4OS/c1-14(20-18-12-16(22)4-7-19(18)24-21(20)26)23-17-5-2-15(3-6-17)13-25-8-10-27-11-9-25/h2-7,12,23H,8-11,13,22H2,1H3,(H,24,26)/b20-14-. The highest BCUT2D eigenvalue weighted by Crippen LogP contribution is 2.35. The number of allylic oxidation sites excluding steroid dienone is 1. The van der Waals surface area contributed by atoms with Crippen molar-refractivity contribution >= 4 is 40.3 Å². The van der Waals surface area contributed by atoms with E-state index in [0.29, 0.717) is 11.3 Å². The van der Waals surface area contributed by atoms with Crippen molar-refractivity contribution in [1.29, 1.82) is 0 Å². The summed E-state index contributed by atoms with van der Waals surface area (Å²) in [6.45, 7) is 5.24. The number of fused-ring (bicyclic) bond motifs is 1. The van der Waals surface area contributed by atoms with E-state index in [4.69, 9.17) is 5.73 Å². The summed E-state index contributed by atoms with van der Waals surface area (Å²) >= 11 is 2.03. The molecule has 1 saturated heterocycles. The van der Waals surface area contributed by atoms with Gasteiger partial charge in [-0.25, -0.2) is 0 Å². The Labute approximate surface area is 164 Å². The van der Waals surface area contributed by atoms with Crippen molar-refractivity contribution in [2.45, 2.75) is 13.5 Å². The van der Waals surface area contributed by atoms with Gasteiger partial charge in [0.25, 0.3) is 5.91 Å². The van der Waals surface area contributed by atoms with E-state index in [2.05, 4.69) is 39.8 Å². The number of amides is 1. The molecule has 0 radical (unpaired) electrons. The van der Waals surface area contributed by atoms with Gasteiger partial charge in [-0.05, 0) is 42.8 Å². The van der Waals surface area contributed by atoms with Crippen LogP contribution in [-0.4, -0.2) is 35.4 Å².